The normalized spacial score (nSPS) is 12.9. The molecule has 0 atom stereocenters. The van der Waals surface area contributed by atoms with E-state index in [1.54, 1.807) is 25.3 Å². The van der Waals surface area contributed by atoms with Crippen LogP contribution in [0.1, 0.15) is 10.4 Å². The molecule has 4 rings (SSSR count). The van der Waals surface area contributed by atoms with Gasteiger partial charge in [0.05, 0.1) is 22.9 Å². The Morgan fingerprint density at radius 1 is 1.24 bits per heavy atom. The predicted octanol–water partition coefficient (Wildman–Crippen LogP) is 4.09. The lowest BCUT2D eigenvalue weighted by molar-refractivity contribution is 0.102. The zero-order valence-corrected chi connectivity index (χ0v) is 15.6. The number of carbonyl (C=O) groups is 1. The molecule has 0 radical (unpaired) electrons. The second-order valence-corrected chi connectivity index (χ2v) is 7.17. The number of nitrogens with zero attached hydrogens (tertiary/aromatic N) is 1. The van der Waals surface area contributed by atoms with Crippen molar-refractivity contribution in [2.45, 2.75) is 0 Å². The first-order valence-corrected chi connectivity index (χ1v) is 9.10. The highest BCUT2D eigenvalue weighted by atomic mass is 79.9. The maximum absolute atomic E-state index is 12.6. The third-order valence-electron chi connectivity index (χ3n) is 3.69. The number of rotatable bonds is 3. The molecular weight excluding hydrogens is 408 g/mol. The fraction of sp³-hybridized carbons (Fsp3) is 0.176. The van der Waals surface area contributed by atoms with Gasteiger partial charge in [0, 0.05) is 16.6 Å². The molecule has 1 aliphatic rings. The minimum absolute atomic E-state index is 0.262. The molecule has 0 bridgehead atoms. The molecule has 1 aromatic heterocycles. The molecule has 2 aromatic carbocycles. The average molecular weight is 421 g/mol. The van der Waals surface area contributed by atoms with E-state index < -0.39 is 0 Å². The standard InChI is InChI=1S/C17H13BrN2O4S/c1-22-9-2-3-11(18)10(6-9)16(21)20-17-19-12-7-13-14(8-15(12)25-17)24-5-4-23-13/h2-3,6-8H,4-5H2,1H3,(H,19,20,21). The first kappa shape index (κ1) is 16.2. The first-order valence-electron chi connectivity index (χ1n) is 7.49. The van der Waals surface area contributed by atoms with Gasteiger partial charge >= 0.3 is 0 Å². The molecule has 0 aliphatic carbocycles. The van der Waals surface area contributed by atoms with Crippen LogP contribution in [0.4, 0.5) is 5.13 Å². The molecule has 1 aliphatic heterocycles. The van der Waals surface area contributed by atoms with Gasteiger partial charge in [0.25, 0.3) is 5.91 Å². The fourth-order valence-corrected chi connectivity index (χ4v) is 3.79. The van der Waals surface area contributed by atoms with E-state index in [4.69, 9.17) is 14.2 Å². The molecule has 25 heavy (non-hydrogen) atoms. The van der Waals surface area contributed by atoms with E-state index in [2.05, 4.69) is 26.2 Å². The largest absolute Gasteiger partial charge is 0.497 e. The Balaban J connectivity index is 1.63. The molecular formula is C17H13BrN2O4S. The van der Waals surface area contributed by atoms with E-state index in [0.717, 1.165) is 10.2 Å². The lowest BCUT2D eigenvalue weighted by Crippen LogP contribution is -2.15. The summed E-state index contributed by atoms with van der Waals surface area (Å²) in [5.41, 5.74) is 1.24. The molecule has 0 spiro atoms. The molecule has 0 saturated carbocycles. The van der Waals surface area contributed by atoms with Crippen LogP contribution in [0.3, 0.4) is 0 Å². The SMILES string of the molecule is COc1ccc(Br)c(C(=O)Nc2nc3cc4c(cc3s2)OCCO4)c1. The van der Waals surface area contributed by atoms with Gasteiger partial charge in [-0.2, -0.15) is 0 Å². The van der Waals surface area contributed by atoms with Crippen molar-refractivity contribution in [2.24, 2.45) is 0 Å². The summed E-state index contributed by atoms with van der Waals surface area (Å²) < 4.78 is 17.9. The molecule has 0 unspecified atom stereocenters. The van der Waals surface area contributed by atoms with Crippen molar-refractivity contribution in [3.63, 3.8) is 0 Å². The molecule has 2 heterocycles. The minimum Gasteiger partial charge on any atom is -0.497 e. The summed E-state index contributed by atoms with van der Waals surface area (Å²) in [6.45, 7) is 1.06. The zero-order chi connectivity index (χ0) is 17.4. The van der Waals surface area contributed by atoms with Crippen LogP contribution in [0.2, 0.25) is 0 Å². The number of aromatic nitrogens is 1. The van der Waals surface area contributed by atoms with Gasteiger partial charge in [-0.3, -0.25) is 10.1 Å². The van der Waals surface area contributed by atoms with Crippen LogP contribution >= 0.6 is 27.3 Å². The third-order valence-corrected chi connectivity index (χ3v) is 5.32. The molecule has 3 aromatic rings. The second-order valence-electron chi connectivity index (χ2n) is 5.28. The number of thiazole rings is 1. The summed E-state index contributed by atoms with van der Waals surface area (Å²) in [5, 5.41) is 3.34. The summed E-state index contributed by atoms with van der Waals surface area (Å²) in [4.78, 5) is 17.0. The van der Waals surface area contributed by atoms with Gasteiger partial charge in [0.1, 0.15) is 19.0 Å². The third kappa shape index (κ3) is 3.14. The summed E-state index contributed by atoms with van der Waals surface area (Å²) in [7, 11) is 1.56. The Bertz CT molecular complexity index is 930. The number of carbonyl (C=O) groups excluding carboxylic acids is 1. The average Bonchev–Trinajstić information content (AvgIpc) is 3.00. The molecule has 1 amide bonds. The van der Waals surface area contributed by atoms with E-state index >= 15 is 0 Å². The number of hydrogen-bond donors (Lipinski definition) is 1. The second kappa shape index (κ2) is 6.53. The van der Waals surface area contributed by atoms with Crippen LogP contribution in [0.15, 0.2) is 34.8 Å². The Morgan fingerprint density at radius 2 is 2.00 bits per heavy atom. The Kier molecular flexibility index (Phi) is 4.22. The van der Waals surface area contributed by atoms with Crippen LogP contribution in [0.25, 0.3) is 10.2 Å². The van der Waals surface area contributed by atoms with Gasteiger partial charge in [-0.05, 0) is 34.1 Å². The number of anilines is 1. The Labute approximate surface area is 155 Å². The van der Waals surface area contributed by atoms with E-state index in [-0.39, 0.29) is 5.91 Å². The predicted molar refractivity (Wildman–Crippen MR) is 99.3 cm³/mol. The molecule has 8 heteroatoms. The van der Waals surface area contributed by atoms with Crippen LogP contribution in [-0.4, -0.2) is 31.2 Å². The molecule has 128 valence electrons. The number of methoxy groups -OCH3 is 1. The number of amides is 1. The highest BCUT2D eigenvalue weighted by molar-refractivity contribution is 9.10. The Morgan fingerprint density at radius 3 is 2.76 bits per heavy atom. The van der Waals surface area contributed by atoms with Gasteiger partial charge in [0.2, 0.25) is 0 Å². The molecule has 0 fully saturated rings. The Hall–Kier alpha value is -2.32. The number of fused-ring (bicyclic) bond motifs is 2. The highest BCUT2D eigenvalue weighted by Gasteiger charge is 2.17. The van der Waals surface area contributed by atoms with E-state index in [0.29, 0.717) is 45.6 Å². The van der Waals surface area contributed by atoms with Crippen molar-refractivity contribution in [3.8, 4) is 17.2 Å². The summed E-state index contributed by atoms with van der Waals surface area (Å²) in [6.07, 6.45) is 0. The fourth-order valence-electron chi connectivity index (χ4n) is 2.49. The lowest BCUT2D eigenvalue weighted by Gasteiger charge is -2.17. The van der Waals surface area contributed by atoms with Crippen molar-refractivity contribution in [3.05, 3.63) is 40.4 Å². The maximum Gasteiger partial charge on any atom is 0.258 e. The van der Waals surface area contributed by atoms with Crippen LogP contribution < -0.4 is 19.5 Å². The van der Waals surface area contributed by atoms with Gasteiger partial charge in [-0.25, -0.2) is 4.98 Å². The van der Waals surface area contributed by atoms with Crippen molar-refractivity contribution in [1.29, 1.82) is 0 Å². The van der Waals surface area contributed by atoms with Crippen molar-refractivity contribution in [2.75, 3.05) is 25.6 Å². The van der Waals surface area contributed by atoms with E-state index in [1.165, 1.54) is 11.3 Å². The van der Waals surface area contributed by atoms with Crippen LogP contribution in [0, 0.1) is 0 Å². The van der Waals surface area contributed by atoms with Gasteiger partial charge < -0.3 is 14.2 Å². The van der Waals surface area contributed by atoms with Crippen LogP contribution in [0.5, 0.6) is 17.2 Å². The molecule has 6 nitrogen and oxygen atoms in total. The van der Waals surface area contributed by atoms with Gasteiger partial charge in [0.15, 0.2) is 16.6 Å². The highest BCUT2D eigenvalue weighted by Crippen LogP contribution is 2.38. The van der Waals surface area contributed by atoms with E-state index in [1.807, 2.05) is 12.1 Å². The number of ether oxygens (including phenoxy) is 3. The monoisotopic (exact) mass is 420 g/mol. The number of halogens is 1. The maximum atomic E-state index is 12.6. The summed E-state index contributed by atoms with van der Waals surface area (Å²) >= 11 is 4.77. The number of nitrogens with one attached hydrogen (secondary N) is 1. The van der Waals surface area contributed by atoms with Gasteiger partial charge in [-0.15, -0.1) is 0 Å². The van der Waals surface area contributed by atoms with Crippen molar-refractivity contribution in [1.82, 2.24) is 4.98 Å². The zero-order valence-electron chi connectivity index (χ0n) is 13.2. The quantitative estimate of drug-likeness (QED) is 0.690. The van der Waals surface area contributed by atoms with Gasteiger partial charge in [-0.1, -0.05) is 11.3 Å². The summed E-state index contributed by atoms with van der Waals surface area (Å²) in [6, 6.07) is 8.95. The minimum atomic E-state index is -0.262. The number of benzene rings is 2. The smallest absolute Gasteiger partial charge is 0.258 e. The topological polar surface area (TPSA) is 69.7 Å². The van der Waals surface area contributed by atoms with E-state index in [9.17, 15) is 4.79 Å². The summed E-state index contributed by atoms with van der Waals surface area (Å²) in [5.74, 6) is 1.73. The number of hydrogen-bond acceptors (Lipinski definition) is 6. The van der Waals surface area contributed by atoms with Crippen molar-refractivity contribution >= 4 is 48.5 Å². The van der Waals surface area contributed by atoms with Crippen LogP contribution in [-0.2, 0) is 0 Å². The molecule has 1 N–H and O–H groups in total. The molecule has 0 saturated heterocycles. The van der Waals surface area contributed by atoms with Crippen molar-refractivity contribution < 1.29 is 19.0 Å². The first-order chi connectivity index (χ1) is 12.1. The lowest BCUT2D eigenvalue weighted by atomic mass is 10.2.